The first-order valence-electron chi connectivity index (χ1n) is 4.94. The Morgan fingerprint density at radius 3 is 1.69 bits per heavy atom. The van der Waals surface area contributed by atoms with Crippen LogP contribution in [0.1, 0.15) is 47.0 Å². The second kappa shape index (κ2) is 5.51. The van der Waals surface area contributed by atoms with Gasteiger partial charge in [-0.1, -0.05) is 0 Å². The summed E-state index contributed by atoms with van der Waals surface area (Å²) in [6.45, 7) is 8.81. The molecule has 0 rings (SSSR count). The first-order valence-corrected chi connectivity index (χ1v) is 8.18. The Morgan fingerprint density at radius 2 is 1.62 bits per heavy atom. The molecule has 0 aliphatic carbocycles. The van der Waals surface area contributed by atoms with Gasteiger partial charge < -0.3 is 0 Å². The molecule has 0 aliphatic heterocycles. The third kappa shape index (κ3) is 2.36. The van der Waals surface area contributed by atoms with Gasteiger partial charge in [0.25, 0.3) is 0 Å². The quantitative estimate of drug-likeness (QED) is 0.401. The van der Waals surface area contributed by atoms with Crippen LogP contribution in [0.4, 0.5) is 0 Å². The van der Waals surface area contributed by atoms with E-state index in [0.717, 1.165) is 6.42 Å². The van der Waals surface area contributed by atoms with Crippen LogP contribution in [-0.4, -0.2) is 14.0 Å². The van der Waals surface area contributed by atoms with Crippen LogP contribution in [0, 0.1) is 0 Å². The molecule has 0 amide bonds. The van der Waals surface area contributed by atoms with E-state index in [1.54, 1.807) is 0 Å². The molecule has 0 fully saturated rings. The fourth-order valence-corrected chi connectivity index (χ4v) is 5.15. The van der Waals surface area contributed by atoms with Crippen molar-refractivity contribution in [2.45, 2.75) is 56.0 Å². The fourth-order valence-electron chi connectivity index (χ4n) is 1.97. The van der Waals surface area contributed by atoms with Crippen molar-refractivity contribution in [3.63, 3.8) is 0 Å². The van der Waals surface area contributed by atoms with Gasteiger partial charge in [0.15, 0.2) is 0 Å². The molecule has 2 N–H and O–H groups in total. The molecule has 1 unspecified atom stereocenters. The van der Waals surface area contributed by atoms with Gasteiger partial charge in [-0.05, 0) is 0 Å². The van der Waals surface area contributed by atoms with Gasteiger partial charge in [-0.2, -0.15) is 0 Å². The van der Waals surface area contributed by atoms with E-state index < -0.39 is 0 Å². The Bertz CT molecular complexity index is 134. The topological polar surface area (TPSA) is 35.2 Å². The molecular formula is C10H23INO-. The van der Waals surface area contributed by atoms with Gasteiger partial charge in [0.1, 0.15) is 0 Å². The summed E-state index contributed by atoms with van der Waals surface area (Å²) in [6.07, 6.45) is 3.35. The van der Waals surface area contributed by atoms with E-state index in [2.05, 4.69) is 32.6 Å². The summed E-state index contributed by atoms with van der Waals surface area (Å²) < 4.78 is 0.343. The van der Waals surface area contributed by atoms with E-state index in [0.29, 0.717) is 3.42 Å². The van der Waals surface area contributed by atoms with Crippen LogP contribution in [0.2, 0.25) is 0 Å². The van der Waals surface area contributed by atoms with Crippen molar-refractivity contribution in [3.05, 3.63) is 0 Å². The Balaban J connectivity index is 4.87. The van der Waals surface area contributed by atoms with Crippen LogP contribution < -0.4 is 27.1 Å². The molecule has 0 radical (unpaired) electrons. The van der Waals surface area contributed by atoms with Crippen molar-refractivity contribution in [3.8, 4) is 0 Å². The minimum absolute atomic E-state index is 0.126. The minimum atomic E-state index is -0.126. The van der Waals surface area contributed by atoms with Crippen LogP contribution in [-0.2, 0) is 4.84 Å². The molecule has 0 aromatic carbocycles. The predicted octanol–water partition coefficient (Wildman–Crippen LogP) is -0.677. The van der Waals surface area contributed by atoms with Crippen LogP contribution >= 0.6 is 0 Å². The first kappa shape index (κ1) is 13.7. The Morgan fingerprint density at radius 1 is 1.15 bits per heavy atom. The monoisotopic (exact) mass is 300 g/mol. The van der Waals surface area contributed by atoms with Crippen LogP contribution in [0.5, 0.6) is 0 Å². The van der Waals surface area contributed by atoms with Gasteiger partial charge in [0, 0.05) is 0 Å². The summed E-state index contributed by atoms with van der Waals surface area (Å²) in [5.41, 5.74) is -0.126. The standard InChI is InChI=1S/C10H23INO/c1-6-9(4,13-12)10(7-2,8-3)11-5/h6-8,12H2,1-5H3/q-1. The van der Waals surface area contributed by atoms with E-state index in [-0.39, 0.29) is 26.8 Å². The molecule has 2 nitrogen and oxygen atoms in total. The number of hydrogen-bond donors (Lipinski definition) is 1. The van der Waals surface area contributed by atoms with Crippen molar-refractivity contribution in [1.29, 1.82) is 0 Å². The molecule has 0 saturated heterocycles. The molecule has 13 heavy (non-hydrogen) atoms. The first-order chi connectivity index (χ1) is 6.05. The molecular weight excluding hydrogens is 277 g/mol. The summed E-state index contributed by atoms with van der Waals surface area (Å²) >= 11 is 0.147. The third-order valence-corrected chi connectivity index (χ3v) is 8.10. The Hall–Kier alpha value is 0.650. The van der Waals surface area contributed by atoms with Gasteiger partial charge in [-0.25, -0.2) is 0 Å². The van der Waals surface area contributed by atoms with E-state index >= 15 is 0 Å². The molecule has 0 aromatic rings. The van der Waals surface area contributed by atoms with Crippen molar-refractivity contribution in [2.24, 2.45) is 5.90 Å². The average molecular weight is 300 g/mol. The zero-order chi connectivity index (χ0) is 10.5. The Kier molecular flexibility index (Phi) is 5.79. The number of rotatable bonds is 6. The summed E-state index contributed by atoms with van der Waals surface area (Å²) in [6, 6.07) is 0. The molecule has 0 saturated carbocycles. The van der Waals surface area contributed by atoms with E-state index in [1.165, 1.54) is 12.8 Å². The molecule has 0 spiro atoms. The SMILES string of the molecule is CCC(C)(ON)C(CC)(CC)[I-]C. The van der Waals surface area contributed by atoms with Crippen LogP contribution in [0.15, 0.2) is 0 Å². The summed E-state index contributed by atoms with van der Waals surface area (Å²) in [5.74, 6) is 5.45. The van der Waals surface area contributed by atoms with E-state index in [1.807, 2.05) is 0 Å². The molecule has 1 atom stereocenters. The number of alkyl halides is 2. The predicted molar refractivity (Wildman–Crippen MR) is 53.2 cm³/mol. The molecule has 82 valence electrons. The summed E-state index contributed by atoms with van der Waals surface area (Å²) in [5, 5.41) is 0. The van der Waals surface area contributed by atoms with Gasteiger partial charge in [0.2, 0.25) is 0 Å². The number of nitrogens with two attached hydrogens (primary N) is 1. The number of hydrogen-bond acceptors (Lipinski definition) is 2. The second-order valence-electron chi connectivity index (χ2n) is 3.56. The van der Waals surface area contributed by atoms with E-state index in [4.69, 9.17) is 10.7 Å². The van der Waals surface area contributed by atoms with Crippen molar-refractivity contribution < 1.29 is 26.0 Å². The van der Waals surface area contributed by atoms with Gasteiger partial charge in [-0.3, -0.25) is 0 Å². The summed E-state index contributed by atoms with van der Waals surface area (Å²) in [4.78, 5) is 7.58. The van der Waals surface area contributed by atoms with Crippen LogP contribution in [0.3, 0.4) is 0 Å². The van der Waals surface area contributed by atoms with Gasteiger partial charge in [0.05, 0.1) is 0 Å². The third-order valence-electron chi connectivity index (χ3n) is 3.37. The molecule has 3 heteroatoms. The van der Waals surface area contributed by atoms with Crippen molar-refractivity contribution in [1.82, 2.24) is 0 Å². The Labute approximate surface area is 92.8 Å². The van der Waals surface area contributed by atoms with Crippen molar-refractivity contribution >= 4 is 0 Å². The average Bonchev–Trinajstić information content (AvgIpc) is 2.20. The van der Waals surface area contributed by atoms with Gasteiger partial charge in [-0.15, -0.1) is 0 Å². The number of halogens is 1. The maximum atomic E-state index is 5.45. The van der Waals surface area contributed by atoms with Crippen LogP contribution in [0.25, 0.3) is 0 Å². The molecule has 0 aromatic heterocycles. The van der Waals surface area contributed by atoms with Gasteiger partial charge >= 0.3 is 92.9 Å². The zero-order valence-corrected chi connectivity index (χ0v) is 11.6. The van der Waals surface area contributed by atoms with Crippen molar-refractivity contribution in [2.75, 3.05) is 4.93 Å². The fraction of sp³-hybridized carbons (Fsp3) is 1.00. The summed E-state index contributed by atoms with van der Waals surface area (Å²) in [7, 11) is 0. The molecule has 0 aliphatic rings. The second-order valence-corrected chi connectivity index (χ2v) is 6.71. The van der Waals surface area contributed by atoms with E-state index in [9.17, 15) is 0 Å². The zero-order valence-electron chi connectivity index (χ0n) is 9.48. The normalized spacial score (nSPS) is 17.4. The molecule has 0 bridgehead atoms. The molecule has 0 heterocycles. The maximum absolute atomic E-state index is 5.45.